The Kier molecular flexibility index (Phi) is 44.2. The summed E-state index contributed by atoms with van der Waals surface area (Å²) in [5.41, 5.74) is 4.00. The van der Waals surface area contributed by atoms with Crippen LogP contribution in [-0.4, -0.2) is 393 Å². The predicted molar refractivity (Wildman–Crippen MR) is 398 cm³/mol. The number of amides is 3. The minimum Gasteiger partial charge on any atom is -0.383 e. The van der Waals surface area contributed by atoms with Crippen molar-refractivity contribution in [2.75, 3.05) is 237 Å². The summed E-state index contributed by atoms with van der Waals surface area (Å²) in [6, 6.07) is 4.58. The number of hydrogen-bond donors (Lipinski definition) is 2. The van der Waals surface area contributed by atoms with Gasteiger partial charge in [-0.25, -0.2) is 0 Å². The van der Waals surface area contributed by atoms with Crippen LogP contribution in [0.15, 0.2) is 0 Å². The van der Waals surface area contributed by atoms with Crippen LogP contribution in [0.5, 0.6) is 0 Å². The van der Waals surface area contributed by atoms with E-state index in [4.69, 9.17) is 10.5 Å². The van der Waals surface area contributed by atoms with Gasteiger partial charge >= 0.3 is 0 Å². The minimum absolute atomic E-state index is 0.161. The molecule has 7 fully saturated rings. The molecule has 0 aliphatic carbocycles. The quantitative estimate of drug-likeness (QED) is 0.175. The highest BCUT2D eigenvalue weighted by atomic mass is 16.5. The number of methoxy groups -OCH3 is 1. The highest BCUT2D eigenvalue weighted by Gasteiger charge is 2.36. The summed E-state index contributed by atoms with van der Waals surface area (Å²) < 4.78 is 5.06. The lowest BCUT2D eigenvalue weighted by atomic mass is 10.0. The predicted octanol–water partition coefficient (Wildman–Crippen LogP) is 5.61. The van der Waals surface area contributed by atoms with Gasteiger partial charge in [0.2, 0.25) is 11.8 Å². The van der Waals surface area contributed by atoms with Gasteiger partial charge in [-0.3, -0.25) is 68.3 Å². The molecule has 3 N–H and O–H groups in total. The van der Waals surface area contributed by atoms with E-state index in [1.165, 1.54) is 124 Å². The topological polar surface area (TPSA) is 155 Å². The second kappa shape index (κ2) is 46.3. The molecule has 3 amide bonds. The highest BCUT2D eigenvalue weighted by molar-refractivity contribution is 5.84. The standard InChI is InChI=1S/C11H23N3O.C11H25N3.C11H22N2O2.C11H24N2.C10H22N2O.C10H20N2O.C9H20N2/c1-9(2)13-5-7-14(8-6-13)11(3,4)10(12)15;1-11(2)14-9-7-13(8-10-14)6-5-12(3)4;1-9(2)12-5-7-13(8-6-12)10(14)11(3,4)15;1-10(2)12-6-8-13(9-7-12)11(3,4)5;1-10(2)12-6-4-11(5-7-12)8-9-13-3;1-4-10(13)12-7-5-11(6-8-12)9(2)3;1-4-10-5-7-11(8-6-10)9(2)3/h9H,5-8H2,1-4H3,(H2,12,15);11H,5-10H2,1-4H3;9,15H,5-8H2,1-4H3;10H,6-9H2,1-5H3;10H,4-9H2,1-3H3;9H,4-8H2,1-3H3;9H,4-8H2,1-3H3. The lowest BCUT2D eigenvalue weighted by Gasteiger charge is -2.43. The Labute approximate surface area is 580 Å². The third-order valence-electron chi connectivity index (χ3n) is 20.3. The second-order valence-electron chi connectivity index (χ2n) is 31.5. The number of carbonyl (C=O) groups excluding carboxylic acids is 3. The van der Waals surface area contributed by atoms with Gasteiger partial charge in [-0.2, -0.15) is 0 Å². The van der Waals surface area contributed by atoms with E-state index in [0.29, 0.717) is 54.1 Å². The Morgan fingerprint density at radius 1 is 0.415 bits per heavy atom. The summed E-state index contributed by atoms with van der Waals surface area (Å²) in [6.45, 7) is 85.7. The monoisotopic (exact) mass is 1340 g/mol. The van der Waals surface area contributed by atoms with Crippen LogP contribution in [0.3, 0.4) is 0 Å². The molecular formula is C73H156N16O5. The Morgan fingerprint density at radius 2 is 0.691 bits per heavy atom. The van der Waals surface area contributed by atoms with Gasteiger partial charge in [-0.1, -0.05) is 13.8 Å². The first kappa shape index (κ1) is 89.8. The van der Waals surface area contributed by atoms with Gasteiger partial charge in [0.15, 0.2) is 0 Å². The van der Waals surface area contributed by atoms with Crippen molar-refractivity contribution in [3.8, 4) is 0 Å². The van der Waals surface area contributed by atoms with Crippen molar-refractivity contribution < 1.29 is 24.2 Å². The van der Waals surface area contributed by atoms with Crippen LogP contribution in [0, 0.1) is 0 Å². The van der Waals surface area contributed by atoms with Gasteiger partial charge in [-0.05, 0) is 166 Å². The molecule has 0 unspecified atom stereocenters. The van der Waals surface area contributed by atoms with Crippen molar-refractivity contribution in [2.24, 2.45) is 5.73 Å². The molecule has 0 aromatic rings. The molecule has 7 saturated heterocycles. The van der Waals surface area contributed by atoms with Crippen LogP contribution in [0.1, 0.15) is 166 Å². The summed E-state index contributed by atoms with van der Waals surface area (Å²) in [5, 5.41) is 9.61. The van der Waals surface area contributed by atoms with E-state index in [9.17, 15) is 19.5 Å². The van der Waals surface area contributed by atoms with E-state index in [2.05, 4.69) is 202 Å². The molecule has 21 heteroatoms. The van der Waals surface area contributed by atoms with Gasteiger partial charge < -0.3 is 35.2 Å². The summed E-state index contributed by atoms with van der Waals surface area (Å²) in [7, 11) is 6.05. The van der Waals surface area contributed by atoms with Crippen LogP contribution in [0.25, 0.3) is 0 Å². The number of rotatable bonds is 18. The number of nitrogens with two attached hydrogens (primary N) is 1. The van der Waals surface area contributed by atoms with Gasteiger partial charge in [0, 0.05) is 264 Å². The number of ether oxygens (including phenoxy) is 1. The average molecular weight is 1340 g/mol. The zero-order valence-electron chi connectivity index (χ0n) is 66.4. The number of likely N-dealkylation sites (N-methyl/N-ethyl adjacent to an activating group) is 2. The summed E-state index contributed by atoms with van der Waals surface area (Å²) in [6.07, 6.45) is 0.641. The maximum atomic E-state index is 11.8. The zero-order chi connectivity index (χ0) is 71.7. The molecule has 0 spiro atoms. The van der Waals surface area contributed by atoms with Gasteiger partial charge in [0.05, 0.1) is 12.1 Å². The minimum atomic E-state index is -1.24. The molecule has 7 rings (SSSR count). The number of nitrogens with zero attached hydrogens (tertiary/aromatic N) is 15. The van der Waals surface area contributed by atoms with Crippen molar-refractivity contribution in [3.05, 3.63) is 0 Å². The fourth-order valence-corrected chi connectivity index (χ4v) is 12.6. The lowest BCUT2D eigenvalue weighted by molar-refractivity contribution is -0.149. The maximum absolute atomic E-state index is 11.8. The SMILES string of the molecule is CC(C)N1CCN(C(=O)C(C)(C)O)CC1.CC(C)N1CCN(C(C)(C)C(N)=O)CC1.CC(C)N1CCN(C(C)(C)C)CC1.CC(C)N1CCN(CCN(C)C)CC1.CCC(=O)N1CCN(C(C)C)CC1.CCN1CCN(C(C)C)CC1.COCCN1CCN(C(C)C)CC1. The van der Waals surface area contributed by atoms with Crippen molar-refractivity contribution >= 4 is 17.7 Å². The maximum Gasteiger partial charge on any atom is 0.254 e. The van der Waals surface area contributed by atoms with E-state index < -0.39 is 11.1 Å². The Morgan fingerprint density at radius 3 is 0.947 bits per heavy atom. The van der Waals surface area contributed by atoms with Crippen molar-refractivity contribution in [3.63, 3.8) is 0 Å². The van der Waals surface area contributed by atoms with E-state index in [0.717, 1.165) is 97.7 Å². The largest absolute Gasteiger partial charge is 0.383 e. The molecule has 0 bridgehead atoms. The first-order chi connectivity index (χ1) is 43.8. The molecular weight excluding hydrogens is 1180 g/mol. The van der Waals surface area contributed by atoms with Crippen LogP contribution >= 0.6 is 0 Å². The van der Waals surface area contributed by atoms with E-state index in [1.807, 2.05) is 25.7 Å². The summed E-state index contributed by atoms with van der Waals surface area (Å²) in [5.74, 6) is -0.102. The summed E-state index contributed by atoms with van der Waals surface area (Å²) in [4.78, 5) is 70.1. The number of hydrogen-bond acceptors (Lipinski definition) is 18. The van der Waals surface area contributed by atoms with Crippen molar-refractivity contribution in [2.45, 2.75) is 225 Å². The number of piperazine rings is 7. The molecule has 0 saturated carbocycles. The highest BCUT2D eigenvalue weighted by Crippen LogP contribution is 2.19. The Hall–Kier alpha value is -2.19. The fraction of sp³-hybridized carbons (Fsp3) is 0.959. The second-order valence-corrected chi connectivity index (χ2v) is 31.5. The van der Waals surface area contributed by atoms with Crippen LogP contribution < -0.4 is 5.73 Å². The third kappa shape index (κ3) is 35.7. The number of primary amides is 1. The number of carbonyl (C=O) groups is 3. The van der Waals surface area contributed by atoms with Crippen molar-refractivity contribution in [1.29, 1.82) is 0 Å². The van der Waals surface area contributed by atoms with Crippen LogP contribution in [0.2, 0.25) is 0 Å². The molecule has 7 aliphatic rings. The van der Waals surface area contributed by atoms with E-state index in [-0.39, 0.29) is 11.8 Å². The fourth-order valence-electron chi connectivity index (χ4n) is 12.6. The third-order valence-corrected chi connectivity index (χ3v) is 20.3. The molecule has 0 atom stereocenters. The zero-order valence-corrected chi connectivity index (χ0v) is 66.4. The molecule has 0 aromatic heterocycles. The Balaban J connectivity index is 0.000000549. The average Bonchev–Trinajstić information content (AvgIpc) is 0.851. The van der Waals surface area contributed by atoms with Crippen molar-refractivity contribution in [1.82, 2.24) is 73.5 Å². The molecule has 0 radical (unpaired) electrons. The van der Waals surface area contributed by atoms with E-state index in [1.54, 1.807) is 25.9 Å². The number of aliphatic hydroxyl groups is 1. The molecule has 7 aliphatic heterocycles. The molecule has 21 nitrogen and oxygen atoms in total. The molecule has 558 valence electrons. The molecule has 0 aromatic carbocycles. The van der Waals surface area contributed by atoms with E-state index >= 15 is 0 Å². The van der Waals surface area contributed by atoms with Gasteiger partial charge in [0.25, 0.3) is 5.91 Å². The van der Waals surface area contributed by atoms with Crippen LogP contribution in [0.4, 0.5) is 0 Å². The first-order valence-electron chi connectivity index (χ1n) is 37.4. The van der Waals surface area contributed by atoms with Crippen LogP contribution in [-0.2, 0) is 19.1 Å². The molecule has 7 heterocycles. The van der Waals surface area contributed by atoms with Gasteiger partial charge in [0.1, 0.15) is 5.60 Å². The first-order valence-corrected chi connectivity index (χ1v) is 37.4. The lowest BCUT2D eigenvalue weighted by Crippen LogP contribution is -2.60. The molecule has 94 heavy (non-hydrogen) atoms. The Bertz CT molecular complexity index is 1930. The van der Waals surface area contributed by atoms with Gasteiger partial charge in [-0.15, -0.1) is 0 Å². The summed E-state index contributed by atoms with van der Waals surface area (Å²) >= 11 is 0. The normalized spacial score (nSPS) is 21.1. The smallest absolute Gasteiger partial charge is 0.254 e.